The van der Waals surface area contributed by atoms with Gasteiger partial charge in [0.1, 0.15) is 11.9 Å². The average molecular weight is 299 g/mol. The van der Waals surface area contributed by atoms with Crippen LogP contribution < -0.4 is 5.32 Å². The fraction of sp³-hybridized carbons (Fsp3) is 0.429. The number of carbonyl (C=O) groups excluding carboxylic acids is 1. The van der Waals surface area contributed by atoms with Gasteiger partial charge in [0.05, 0.1) is 0 Å². The quantitative estimate of drug-likeness (QED) is 0.724. The summed E-state index contributed by atoms with van der Waals surface area (Å²) in [6.45, 7) is 1.87. The van der Waals surface area contributed by atoms with E-state index in [-0.39, 0.29) is 18.1 Å². The second-order valence-corrected chi connectivity index (χ2v) is 5.47. The van der Waals surface area contributed by atoms with E-state index in [1.807, 2.05) is 6.92 Å². The number of benzene rings is 1. The van der Waals surface area contributed by atoms with Crippen molar-refractivity contribution in [3.63, 3.8) is 0 Å². The molecular weight excluding hydrogens is 281 g/mol. The number of halogens is 1. The van der Waals surface area contributed by atoms with Crippen molar-refractivity contribution in [2.24, 2.45) is 0 Å². The summed E-state index contributed by atoms with van der Waals surface area (Å²) in [6, 6.07) is 5.21. The molecule has 1 amide bonds. The molecule has 110 valence electrons. The number of carbonyl (C=O) groups is 2. The second-order valence-electron chi connectivity index (χ2n) is 4.30. The lowest BCUT2D eigenvalue weighted by atomic mass is 10.1. The minimum atomic E-state index is -1.01. The molecule has 0 saturated heterocycles. The molecule has 0 spiro atoms. The Bertz CT molecular complexity index is 450. The van der Waals surface area contributed by atoms with Crippen molar-refractivity contribution in [3.05, 3.63) is 30.1 Å². The monoisotopic (exact) mass is 299 g/mol. The summed E-state index contributed by atoms with van der Waals surface area (Å²) < 4.78 is 12.7. The zero-order valence-electron chi connectivity index (χ0n) is 11.3. The molecule has 6 heteroatoms. The Morgan fingerprint density at radius 2 is 2.00 bits per heavy atom. The van der Waals surface area contributed by atoms with E-state index < -0.39 is 12.0 Å². The van der Waals surface area contributed by atoms with Crippen LogP contribution in [0.15, 0.2) is 29.2 Å². The van der Waals surface area contributed by atoms with Crippen molar-refractivity contribution in [2.75, 3.05) is 5.75 Å². The number of thioether (sulfide) groups is 1. The van der Waals surface area contributed by atoms with Crippen LogP contribution in [0.3, 0.4) is 0 Å². The molecule has 1 rings (SSSR count). The lowest BCUT2D eigenvalue weighted by Crippen LogP contribution is -2.40. The van der Waals surface area contributed by atoms with E-state index in [1.165, 1.54) is 23.9 Å². The highest BCUT2D eigenvalue weighted by molar-refractivity contribution is 7.99. The molecule has 0 saturated carbocycles. The number of aliphatic carboxylic acids is 1. The molecule has 0 aromatic heterocycles. The van der Waals surface area contributed by atoms with Gasteiger partial charge in [-0.1, -0.05) is 13.3 Å². The Balaban J connectivity index is 2.32. The van der Waals surface area contributed by atoms with E-state index in [4.69, 9.17) is 5.11 Å². The molecule has 0 heterocycles. The maximum Gasteiger partial charge on any atom is 0.326 e. The SMILES string of the molecule is CCC[C@@H](NC(=O)CCSc1ccc(F)cc1)C(=O)O. The van der Waals surface area contributed by atoms with Gasteiger partial charge in [-0.3, -0.25) is 4.79 Å². The van der Waals surface area contributed by atoms with Crippen molar-refractivity contribution in [3.8, 4) is 0 Å². The summed E-state index contributed by atoms with van der Waals surface area (Å²) in [4.78, 5) is 23.4. The van der Waals surface area contributed by atoms with Crippen molar-refractivity contribution in [1.29, 1.82) is 0 Å². The molecule has 1 aromatic carbocycles. The van der Waals surface area contributed by atoms with Crippen LogP contribution in [0.1, 0.15) is 26.2 Å². The highest BCUT2D eigenvalue weighted by Crippen LogP contribution is 2.18. The molecule has 0 aliphatic carbocycles. The molecule has 20 heavy (non-hydrogen) atoms. The van der Waals surface area contributed by atoms with Crippen LogP contribution in [-0.2, 0) is 9.59 Å². The fourth-order valence-electron chi connectivity index (χ4n) is 1.60. The van der Waals surface area contributed by atoms with E-state index >= 15 is 0 Å². The van der Waals surface area contributed by atoms with Crippen LogP contribution in [0.4, 0.5) is 4.39 Å². The molecule has 0 fully saturated rings. The van der Waals surface area contributed by atoms with Gasteiger partial charge in [-0.05, 0) is 30.7 Å². The summed E-state index contributed by atoms with van der Waals surface area (Å²) in [5.74, 6) is -1.06. The van der Waals surface area contributed by atoms with E-state index in [9.17, 15) is 14.0 Å². The first-order valence-corrected chi connectivity index (χ1v) is 7.42. The van der Waals surface area contributed by atoms with Crippen LogP contribution in [0.2, 0.25) is 0 Å². The topological polar surface area (TPSA) is 66.4 Å². The summed E-state index contributed by atoms with van der Waals surface area (Å²) in [6.07, 6.45) is 1.35. The van der Waals surface area contributed by atoms with Crippen molar-refractivity contribution in [1.82, 2.24) is 5.32 Å². The predicted octanol–water partition coefficient (Wildman–Crippen LogP) is 2.68. The van der Waals surface area contributed by atoms with Gasteiger partial charge in [0, 0.05) is 17.1 Å². The second kappa shape index (κ2) is 8.58. The molecule has 0 unspecified atom stereocenters. The van der Waals surface area contributed by atoms with E-state index in [0.29, 0.717) is 18.6 Å². The van der Waals surface area contributed by atoms with Gasteiger partial charge >= 0.3 is 5.97 Å². The third-order valence-electron chi connectivity index (χ3n) is 2.62. The first-order chi connectivity index (χ1) is 9.52. The molecule has 0 aliphatic heterocycles. The maximum atomic E-state index is 12.7. The molecule has 0 aliphatic rings. The number of carboxylic acids is 1. The normalized spacial score (nSPS) is 11.9. The van der Waals surface area contributed by atoms with Crippen LogP contribution in [0.5, 0.6) is 0 Å². The van der Waals surface area contributed by atoms with Crippen LogP contribution in [0, 0.1) is 5.82 Å². The van der Waals surface area contributed by atoms with E-state index in [1.54, 1.807) is 12.1 Å². The number of nitrogens with one attached hydrogen (secondary N) is 1. The van der Waals surface area contributed by atoms with Crippen LogP contribution in [0.25, 0.3) is 0 Å². The largest absolute Gasteiger partial charge is 0.480 e. The van der Waals surface area contributed by atoms with Crippen molar-refractivity contribution >= 4 is 23.6 Å². The maximum absolute atomic E-state index is 12.7. The molecule has 0 bridgehead atoms. The molecular formula is C14H18FNO3S. The zero-order chi connectivity index (χ0) is 15.0. The number of rotatable bonds is 8. The Hall–Kier alpha value is -1.56. The third kappa shape index (κ3) is 6.06. The first kappa shape index (κ1) is 16.5. The number of hydrogen-bond donors (Lipinski definition) is 2. The summed E-state index contributed by atoms with van der Waals surface area (Å²) >= 11 is 1.43. The minimum Gasteiger partial charge on any atom is -0.480 e. The van der Waals surface area contributed by atoms with Gasteiger partial charge in [-0.15, -0.1) is 11.8 Å². The molecule has 0 radical (unpaired) electrons. The van der Waals surface area contributed by atoms with Crippen LogP contribution >= 0.6 is 11.8 Å². The summed E-state index contributed by atoms with van der Waals surface area (Å²) in [5, 5.41) is 11.4. The summed E-state index contributed by atoms with van der Waals surface area (Å²) in [5.41, 5.74) is 0. The van der Waals surface area contributed by atoms with E-state index in [2.05, 4.69) is 5.32 Å². The number of hydrogen-bond acceptors (Lipinski definition) is 3. The lowest BCUT2D eigenvalue weighted by Gasteiger charge is -2.13. The smallest absolute Gasteiger partial charge is 0.326 e. The highest BCUT2D eigenvalue weighted by atomic mass is 32.2. The van der Waals surface area contributed by atoms with Gasteiger partial charge in [0.2, 0.25) is 5.91 Å². The lowest BCUT2D eigenvalue weighted by molar-refractivity contribution is -0.142. The van der Waals surface area contributed by atoms with Crippen LogP contribution in [-0.4, -0.2) is 28.8 Å². The van der Waals surface area contributed by atoms with E-state index in [0.717, 1.165) is 4.90 Å². The van der Waals surface area contributed by atoms with Gasteiger partial charge in [0.25, 0.3) is 0 Å². The average Bonchev–Trinajstić information content (AvgIpc) is 2.40. The van der Waals surface area contributed by atoms with Gasteiger partial charge in [-0.25, -0.2) is 9.18 Å². The predicted molar refractivity (Wildman–Crippen MR) is 76.2 cm³/mol. The Labute approximate surface area is 121 Å². The molecule has 4 nitrogen and oxygen atoms in total. The molecule has 1 atom stereocenters. The van der Waals surface area contributed by atoms with Gasteiger partial charge < -0.3 is 10.4 Å². The van der Waals surface area contributed by atoms with Crippen molar-refractivity contribution < 1.29 is 19.1 Å². The highest BCUT2D eigenvalue weighted by Gasteiger charge is 2.18. The number of carboxylic acid groups (broad SMARTS) is 1. The van der Waals surface area contributed by atoms with Gasteiger partial charge in [0.15, 0.2) is 0 Å². The zero-order valence-corrected chi connectivity index (χ0v) is 12.1. The fourth-order valence-corrected chi connectivity index (χ4v) is 2.46. The molecule has 2 N–H and O–H groups in total. The number of amides is 1. The Kier molecular flexibility index (Phi) is 7.08. The van der Waals surface area contributed by atoms with Gasteiger partial charge in [-0.2, -0.15) is 0 Å². The van der Waals surface area contributed by atoms with Crippen molar-refractivity contribution in [2.45, 2.75) is 37.1 Å². The Morgan fingerprint density at radius 1 is 1.35 bits per heavy atom. The minimum absolute atomic E-state index is 0.232. The molecule has 1 aromatic rings. The Morgan fingerprint density at radius 3 is 2.55 bits per heavy atom. The summed E-state index contributed by atoms with van der Waals surface area (Å²) in [7, 11) is 0. The third-order valence-corrected chi connectivity index (χ3v) is 3.64. The standard InChI is InChI=1S/C14H18FNO3S/c1-2-3-12(14(18)19)16-13(17)8-9-20-11-6-4-10(15)5-7-11/h4-7,12H,2-3,8-9H2,1H3,(H,16,17)(H,18,19)/t12-/m1/s1. The first-order valence-electron chi connectivity index (χ1n) is 6.43.